The molecule has 206 valence electrons. The lowest BCUT2D eigenvalue weighted by atomic mass is 9.84. The zero-order valence-corrected chi connectivity index (χ0v) is 19.0. The smallest absolute Gasteiger partial charge is 0.207 e. The minimum Gasteiger partial charge on any atom is -0.207 e. The molecule has 0 fully saturated rings. The fraction of sp³-hybridized carbons (Fsp3) is 0.0370. The maximum absolute atomic E-state index is 15.1. The van der Waals surface area contributed by atoms with Crippen LogP contribution >= 0.6 is 0 Å². The van der Waals surface area contributed by atoms with Gasteiger partial charge in [0, 0.05) is 11.1 Å². The summed E-state index contributed by atoms with van der Waals surface area (Å²) in [5.74, 6) is -23.8. The van der Waals surface area contributed by atoms with Gasteiger partial charge in [-0.25, -0.2) is 43.9 Å². The van der Waals surface area contributed by atoms with Crippen molar-refractivity contribution in [2.45, 2.75) is 6.18 Å². The van der Waals surface area contributed by atoms with Crippen molar-refractivity contribution in [3.05, 3.63) is 106 Å². The zero-order chi connectivity index (χ0) is 29.4. The number of fused-ring (bicyclic) bond motifs is 2. The van der Waals surface area contributed by atoms with Crippen LogP contribution in [0.4, 0.5) is 57.1 Å². The monoisotopic (exact) mass is 578 g/mol. The molecule has 40 heavy (non-hydrogen) atoms. The minimum atomic E-state index is -5.86. The van der Waals surface area contributed by atoms with E-state index >= 15 is 8.78 Å². The van der Waals surface area contributed by atoms with Crippen LogP contribution in [-0.4, -0.2) is 0 Å². The highest BCUT2D eigenvalue weighted by Gasteiger charge is 2.43. The Hall–Kier alpha value is -4.29. The number of alkyl halides is 3. The van der Waals surface area contributed by atoms with E-state index in [1.165, 1.54) is 0 Å². The summed E-state index contributed by atoms with van der Waals surface area (Å²) < 4.78 is 185. The fourth-order valence-corrected chi connectivity index (χ4v) is 4.61. The Labute approximate surface area is 213 Å². The number of hydrogen-bond donors (Lipinski definition) is 0. The summed E-state index contributed by atoms with van der Waals surface area (Å²) in [6.07, 6.45) is -5.86. The highest BCUT2D eigenvalue weighted by Crippen LogP contribution is 2.48. The molecular weight excluding hydrogens is 571 g/mol. The number of hydrogen-bond acceptors (Lipinski definition) is 0. The maximum atomic E-state index is 15.1. The van der Waals surface area contributed by atoms with Crippen LogP contribution in [0.5, 0.6) is 0 Å². The quantitative estimate of drug-likeness (QED) is 0.0847. The van der Waals surface area contributed by atoms with Gasteiger partial charge in [-0.3, -0.25) is 0 Å². The topological polar surface area (TPSA) is 0 Å². The van der Waals surface area contributed by atoms with E-state index in [1.807, 2.05) is 0 Å². The highest BCUT2D eigenvalue weighted by molar-refractivity contribution is 6.21. The summed E-state index contributed by atoms with van der Waals surface area (Å²) in [5.41, 5.74) is -7.89. The van der Waals surface area contributed by atoms with Gasteiger partial charge >= 0.3 is 6.18 Å². The first-order valence-corrected chi connectivity index (χ1v) is 10.8. The van der Waals surface area contributed by atoms with Crippen LogP contribution in [0.1, 0.15) is 5.56 Å². The van der Waals surface area contributed by atoms with Crippen LogP contribution in [0.25, 0.3) is 43.8 Å². The Morgan fingerprint density at radius 2 is 0.750 bits per heavy atom. The first-order chi connectivity index (χ1) is 18.7. The molecule has 5 rings (SSSR count). The lowest BCUT2D eigenvalue weighted by Gasteiger charge is -2.20. The van der Waals surface area contributed by atoms with Crippen LogP contribution in [0.2, 0.25) is 0 Å². The third kappa shape index (κ3) is 3.78. The van der Waals surface area contributed by atoms with Crippen LogP contribution in [0, 0.1) is 58.2 Å². The molecule has 0 N–H and O–H groups in total. The van der Waals surface area contributed by atoms with Crippen LogP contribution in [-0.2, 0) is 6.18 Å². The molecule has 0 heterocycles. The Bertz CT molecular complexity index is 1830. The SMILES string of the molecule is Fc1ccc2c(-c3c(F)c(F)c(C(F)(F)F)c(F)c3F)c3ccccc3c(-c3c(F)c(F)c(F)c(F)c3F)c2c1. The standard InChI is InChI=1S/C27H7F13/c28-8-5-6-11-12(7-8)14(16-20(31)24(35)26(37)25(36)21(16)32)10-4-2-1-3-9(10)13(11)15-18(29)22(33)17(27(38,39)40)23(34)19(15)30/h1-7H. The molecule has 0 atom stereocenters. The summed E-state index contributed by atoms with van der Waals surface area (Å²) in [7, 11) is 0. The molecule has 13 heteroatoms. The van der Waals surface area contributed by atoms with Gasteiger partial charge in [-0.15, -0.1) is 0 Å². The van der Waals surface area contributed by atoms with Gasteiger partial charge in [-0.2, -0.15) is 13.2 Å². The number of halogens is 13. The summed E-state index contributed by atoms with van der Waals surface area (Å²) in [5, 5.41) is -2.51. The molecule has 0 nitrogen and oxygen atoms in total. The Balaban J connectivity index is 2.07. The van der Waals surface area contributed by atoms with Gasteiger partial charge < -0.3 is 0 Å². The van der Waals surface area contributed by atoms with E-state index in [-0.39, 0.29) is 0 Å². The van der Waals surface area contributed by atoms with Crippen molar-refractivity contribution in [1.29, 1.82) is 0 Å². The zero-order valence-electron chi connectivity index (χ0n) is 19.0. The van der Waals surface area contributed by atoms with Crippen molar-refractivity contribution in [2.24, 2.45) is 0 Å². The second kappa shape index (κ2) is 9.14. The van der Waals surface area contributed by atoms with Crippen LogP contribution in [0.15, 0.2) is 42.5 Å². The molecule has 0 bridgehead atoms. The lowest BCUT2D eigenvalue weighted by molar-refractivity contribution is -0.143. The van der Waals surface area contributed by atoms with E-state index in [0.717, 1.165) is 24.3 Å². The van der Waals surface area contributed by atoms with E-state index < -0.39 is 114 Å². The van der Waals surface area contributed by atoms with E-state index in [4.69, 9.17) is 0 Å². The molecule has 0 saturated carbocycles. The minimum absolute atomic E-state index is 0.477. The first-order valence-electron chi connectivity index (χ1n) is 10.8. The molecule has 0 aliphatic heterocycles. The Morgan fingerprint density at radius 3 is 1.20 bits per heavy atom. The molecular formula is C27H7F13. The second-order valence-electron chi connectivity index (χ2n) is 8.43. The largest absolute Gasteiger partial charge is 0.422 e. The number of rotatable bonds is 2. The average Bonchev–Trinajstić information content (AvgIpc) is 2.90. The molecule has 0 radical (unpaired) electrons. The van der Waals surface area contributed by atoms with E-state index in [1.54, 1.807) is 0 Å². The molecule has 0 aromatic heterocycles. The predicted octanol–water partition coefficient (Wildman–Crippen LogP) is 9.74. The predicted molar refractivity (Wildman–Crippen MR) is 117 cm³/mol. The van der Waals surface area contributed by atoms with Gasteiger partial charge in [0.1, 0.15) is 11.4 Å². The van der Waals surface area contributed by atoms with E-state index in [9.17, 15) is 48.3 Å². The van der Waals surface area contributed by atoms with Gasteiger partial charge in [0.05, 0.1) is 11.1 Å². The Morgan fingerprint density at radius 1 is 0.375 bits per heavy atom. The molecule has 5 aromatic rings. The van der Waals surface area contributed by atoms with Gasteiger partial charge in [0.25, 0.3) is 0 Å². The Kier molecular flexibility index (Phi) is 6.23. The van der Waals surface area contributed by atoms with E-state index in [0.29, 0.717) is 18.2 Å². The molecule has 0 aliphatic carbocycles. The molecule has 0 unspecified atom stereocenters. The maximum Gasteiger partial charge on any atom is 0.422 e. The van der Waals surface area contributed by atoms with Gasteiger partial charge in [0.2, 0.25) is 5.82 Å². The summed E-state index contributed by atoms with van der Waals surface area (Å²) >= 11 is 0. The fourth-order valence-electron chi connectivity index (χ4n) is 4.61. The summed E-state index contributed by atoms with van der Waals surface area (Å²) in [6.45, 7) is 0. The lowest BCUT2D eigenvalue weighted by Crippen LogP contribution is -2.16. The van der Waals surface area contributed by atoms with Crippen molar-refractivity contribution in [3.63, 3.8) is 0 Å². The second-order valence-corrected chi connectivity index (χ2v) is 8.43. The van der Waals surface area contributed by atoms with Crippen molar-refractivity contribution < 1.29 is 57.1 Å². The van der Waals surface area contributed by atoms with Gasteiger partial charge in [-0.1, -0.05) is 30.3 Å². The van der Waals surface area contributed by atoms with Crippen LogP contribution in [0.3, 0.4) is 0 Å². The van der Waals surface area contributed by atoms with Gasteiger partial charge in [0.15, 0.2) is 46.5 Å². The highest BCUT2D eigenvalue weighted by atomic mass is 19.4. The third-order valence-electron chi connectivity index (χ3n) is 6.24. The van der Waals surface area contributed by atoms with E-state index in [2.05, 4.69) is 0 Å². The first kappa shape index (κ1) is 27.3. The molecule has 0 aliphatic rings. The molecule has 0 spiro atoms. The average molecular weight is 578 g/mol. The van der Waals surface area contributed by atoms with Crippen LogP contribution < -0.4 is 0 Å². The van der Waals surface area contributed by atoms with Crippen molar-refractivity contribution in [3.8, 4) is 22.3 Å². The number of benzene rings is 5. The third-order valence-corrected chi connectivity index (χ3v) is 6.24. The summed E-state index contributed by atoms with van der Waals surface area (Å²) in [6, 6.07) is 5.97. The molecule has 0 saturated heterocycles. The van der Waals surface area contributed by atoms with Crippen molar-refractivity contribution >= 4 is 21.5 Å². The van der Waals surface area contributed by atoms with Crippen molar-refractivity contribution in [2.75, 3.05) is 0 Å². The summed E-state index contributed by atoms with van der Waals surface area (Å²) in [4.78, 5) is 0. The normalized spacial score (nSPS) is 12.1. The van der Waals surface area contributed by atoms with Crippen molar-refractivity contribution in [1.82, 2.24) is 0 Å². The molecule has 0 amide bonds. The van der Waals surface area contributed by atoms with Gasteiger partial charge in [-0.05, 0) is 33.7 Å². The molecule has 5 aromatic carbocycles.